The fraction of sp³-hybridized carbons (Fsp3) is 0.367. The summed E-state index contributed by atoms with van der Waals surface area (Å²) in [7, 11) is -2.54. The number of amides is 1. The van der Waals surface area contributed by atoms with Gasteiger partial charge in [-0.15, -0.1) is 0 Å². The Morgan fingerprint density at radius 1 is 1.13 bits per heavy atom. The lowest BCUT2D eigenvalue weighted by Gasteiger charge is -2.33. The third-order valence-corrected chi connectivity index (χ3v) is 9.50. The SMILES string of the molecule is COc1ccc(S(=O)(=O)N(CC(=O)NC(C)c2ccc(N3CCCC(C)C3)cc2)c2ccc(C)cc2)cc1Br. The molecule has 0 bridgehead atoms. The number of benzene rings is 3. The van der Waals surface area contributed by atoms with Crippen molar-refractivity contribution in [2.24, 2.45) is 5.92 Å². The molecule has 4 rings (SSSR count). The third kappa shape index (κ3) is 6.94. The quantitative estimate of drug-likeness (QED) is 0.317. The minimum atomic E-state index is -4.05. The molecule has 39 heavy (non-hydrogen) atoms. The van der Waals surface area contributed by atoms with E-state index < -0.39 is 15.9 Å². The molecule has 3 aromatic carbocycles. The highest BCUT2D eigenvalue weighted by atomic mass is 79.9. The summed E-state index contributed by atoms with van der Waals surface area (Å²) in [6.45, 7) is 7.87. The molecule has 1 amide bonds. The minimum absolute atomic E-state index is 0.0548. The van der Waals surface area contributed by atoms with Crippen LogP contribution in [0.3, 0.4) is 0 Å². The summed E-state index contributed by atoms with van der Waals surface area (Å²) in [5, 5.41) is 2.98. The highest BCUT2D eigenvalue weighted by Crippen LogP contribution is 2.31. The van der Waals surface area contributed by atoms with E-state index in [1.807, 2.05) is 38.1 Å². The molecule has 3 aromatic rings. The molecule has 1 saturated heterocycles. The van der Waals surface area contributed by atoms with Crippen LogP contribution in [0.5, 0.6) is 5.75 Å². The fourth-order valence-electron chi connectivity index (χ4n) is 4.86. The first-order chi connectivity index (χ1) is 18.6. The number of carbonyl (C=O) groups is 1. The molecule has 0 aliphatic carbocycles. The second kappa shape index (κ2) is 12.4. The molecule has 2 atom stereocenters. The second-order valence-electron chi connectivity index (χ2n) is 10.2. The Morgan fingerprint density at radius 3 is 2.44 bits per heavy atom. The van der Waals surface area contributed by atoms with Crippen LogP contribution in [-0.2, 0) is 14.8 Å². The predicted molar refractivity (Wildman–Crippen MR) is 160 cm³/mol. The van der Waals surface area contributed by atoms with Crippen LogP contribution in [0.2, 0.25) is 0 Å². The van der Waals surface area contributed by atoms with Crippen LogP contribution in [0, 0.1) is 12.8 Å². The number of nitrogens with zero attached hydrogens (tertiary/aromatic N) is 2. The van der Waals surface area contributed by atoms with Crippen LogP contribution >= 0.6 is 15.9 Å². The number of nitrogens with one attached hydrogen (secondary N) is 1. The van der Waals surface area contributed by atoms with Crippen molar-refractivity contribution < 1.29 is 17.9 Å². The molecule has 1 heterocycles. The molecule has 0 aromatic heterocycles. The van der Waals surface area contributed by atoms with Gasteiger partial charge >= 0.3 is 0 Å². The van der Waals surface area contributed by atoms with Crippen molar-refractivity contribution in [3.63, 3.8) is 0 Å². The van der Waals surface area contributed by atoms with E-state index >= 15 is 0 Å². The lowest BCUT2D eigenvalue weighted by Crippen LogP contribution is -2.41. The number of hydrogen-bond acceptors (Lipinski definition) is 5. The lowest BCUT2D eigenvalue weighted by molar-refractivity contribution is -0.120. The zero-order valence-electron chi connectivity index (χ0n) is 22.9. The zero-order valence-corrected chi connectivity index (χ0v) is 25.3. The summed E-state index contributed by atoms with van der Waals surface area (Å²) >= 11 is 3.37. The number of methoxy groups -OCH3 is 1. The third-order valence-electron chi connectivity index (χ3n) is 7.11. The molecule has 1 fully saturated rings. The number of sulfonamides is 1. The van der Waals surface area contributed by atoms with Crippen LogP contribution < -0.4 is 19.3 Å². The van der Waals surface area contributed by atoms with E-state index in [0.29, 0.717) is 21.8 Å². The standard InChI is InChI=1S/C30H36BrN3O4S/c1-21-7-11-26(12-8-21)34(39(36,37)27-15-16-29(38-4)28(31)18-27)20-30(35)32-23(3)24-9-13-25(14-10-24)33-17-5-6-22(2)19-33/h7-16,18,22-23H,5-6,17,19-20H2,1-4H3,(H,32,35). The second-order valence-corrected chi connectivity index (χ2v) is 12.9. The van der Waals surface area contributed by atoms with Gasteiger partial charge in [-0.1, -0.05) is 36.8 Å². The molecule has 1 aliphatic rings. The maximum atomic E-state index is 13.8. The molecular formula is C30H36BrN3O4S. The first kappa shape index (κ1) is 29.0. The van der Waals surface area contributed by atoms with Crippen molar-refractivity contribution in [2.75, 3.05) is 35.9 Å². The predicted octanol–water partition coefficient (Wildman–Crippen LogP) is 6.08. The van der Waals surface area contributed by atoms with Gasteiger partial charge in [0.1, 0.15) is 12.3 Å². The Hall–Kier alpha value is -3.04. The molecule has 208 valence electrons. The van der Waals surface area contributed by atoms with Gasteiger partial charge in [0.25, 0.3) is 10.0 Å². The van der Waals surface area contributed by atoms with Crippen molar-refractivity contribution in [1.29, 1.82) is 0 Å². The van der Waals surface area contributed by atoms with Gasteiger partial charge in [0.05, 0.1) is 28.2 Å². The van der Waals surface area contributed by atoms with Crippen LogP contribution in [0.25, 0.3) is 0 Å². The number of hydrogen-bond donors (Lipinski definition) is 1. The van der Waals surface area contributed by atoms with Gasteiger partial charge in [0, 0.05) is 18.8 Å². The van der Waals surface area contributed by atoms with Crippen molar-refractivity contribution in [3.8, 4) is 5.75 Å². The summed E-state index contributed by atoms with van der Waals surface area (Å²) in [6.07, 6.45) is 2.46. The van der Waals surface area contributed by atoms with Crippen molar-refractivity contribution >= 4 is 43.2 Å². The largest absolute Gasteiger partial charge is 0.496 e. The fourth-order valence-corrected chi connectivity index (χ4v) is 7.00. The van der Waals surface area contributed by atoms with E-state index in [4.69, 9.17) is 4.74 Å². The molecule has 2 unspecified atom stereocenters. The Labute approximate surface area is 240 Å². The minimum Gasteiger partial charge on any atom is -0.496 e. The van der Waals surface area contributed by atoms with Crippen molar-refractivity contribution in [1.82, 2.24) is 5.32 Å². The van der Waals surface area contributed by atoms with E-state index in [2.05, 4.69) is 45.2 Å². The van der Waals surface area contributed by atoms with Crippen LogP contribution in [0.15, 0.2) is 76.1 Å². The van der Waals surface area contributed by atoms with E-state index in [1.54, 1.807) is 18.2 Å². The maximum Gasteiger partial charge on any atom is 0.264 e. The van der Waals surface area contributed by atoms with Gasteiger partial charge in [-0.25, -0.2) is 8.42 Å². The van der Waals surface area contributed by atoms with E-state index in [-0.39, 0.29) is 17.5 Å². The highest BCUT2D eigenvalue weighted by Gasteiger charge is 2.28. The number of anilines is 2. The number of aryl methyl sites for hydroxylation is 1. The smallest absolute Gasteiger partial charge is 0.264 e. The number of piperidine rings is 1. The van der Waals surface area contributed by atoms with E-state index in [0.717, 1.165) is 28.5 Å². The summed E-state index contributed by atoms with van der Waals surface area (Å²) < 4.78 is 34.4. The molecule has 1 aliphatic heterocycles. The molecule has 7 nitrogen and oxygen atoms in total. The van der Waals surface area contributed by atoms with Crippen LogP contribution in [0.4, 0.5) is 11.4 Å². The van der Waals surface area contributed by atoms with Crippen LogP contribution in [0.1, 0.15) is 43.9 Å². The van der Waals surface area contributed by atoms with Gasteiger partial charge in [-0.3, -0.25) is 9.10 Å². The topological polar surface area (TPSA) is 79.0 Å². The average Bonchev–Trinajstić information content (AvgIpc) is 2.92. The Kier molecular flexibility index (Phi) is 9.23. The molecular weight excluding hydrogens is 578 g/mol. The van der Waals surface area contributed by atoms with Gasteiger partial charge in [0.2, 0.25) is 5.91 Å². The van der Waals surface area contributed by atoms with Gasteiger partial charge in [-0.05, 0) is 96.6 Å². The molecule has 0 radical (unpaired) electrons. The number of rotatable bonds is 9. The Balaban J connectivity index is 1.52. The first-order valence-corrected chi connectivity index (χ1v) is 15.4. The summed E-state index contributed by atoms with van der Waals surface area (Å²) in [5.74, 6) is 0.805. The molecule has 0 spiro atoms. The lowest BCUT2D eigenvalue weighted by atomic mass is 9.99. The first-order valence-electron chi connectivity index (χ1n) is 13.2. The van der Waals surface area contributed by atoms with Crippen molar-refractivity contribution in [3.05, 3.63) is 82.3 Å². The van der Waals surface area contributed by atoms with Gasteiger partial charge in [0.15, 0.2) is 0 Å². The maximum absolute atomic E-state index is 13.8. The molecule has 9 heteroatoms. The summed E-state index contributed by atoms with van der Waals surface area (Å²) in [5.41, 5.74) is 3.55. The number of ether oxygens (including phenoxy) is 1. The molecule has 0 saturated carbocycles. The summed E-state index contributed by atoms with van der Waals surface area (Å²) in [4.78, 5) is 15.7. The van der Waals surface area contributed by atoms with Crippen molar-refractivity contribution in [2.45, 2.75) is 44.6 Å². The highest BCUT2D eigenvalue weighted by molar-refractivity contribution is 9.10. The number of halogens is 1. The molecule has 1 N–H and O–H groups in total. The van der Waals surface area contributed by atoms with Crippen LogP contribution in [-0.4, -0.2) is 41.1 Å². The van der Waals surface area contributed by atoms with Gasteiger partial charge < -0.3 is 15.0 Å². The monoisotopic (exact) mass is 613 g/mol. The van der Waals surface area contributed by atoms with Gasteiger partial charge in [-0.2, -0.15) is 0 Å². The van der Waals surface area contributed by atoms with E-state index in [9.17, 15) is 13.2 Å². The summed E-state index contributed by atoms with van der Waals surface area (Å²) in [6, 6.07) is 19.6. The van der Waals surface area contributed by atoms with E-state index in [1.165, 1.54) is 37.8 Å². The Morgan fingerprint density at radius 2 is 1.82 bits per heavy atom. The average molecular weight is 615 g/mol. The normalized spacial score (nSPS) is 16.4. The number of carbonyl (C=O) groups excluding carboxylic acids is 1. The zero-order chi connectivity index (χ0) is 28.2. The Bertz CT molecular complexity index is 1390.